The standard InChI is InChI=1S/C16H13F4NO/c1-9(12-7-10(17)3-5-14(12)19)21(2)16(22)13-8-11(18)4-6-15(13)20/h3-9H,1-2H3. The number of hydrogen-bond donors (Lipinski definition) is 0. The van der Waals surface area contributed by atoms with Crippen molar-refractivity contribution in [1.29, 1.82) is 0 Å². The molecule has 116 valence electrons. The molecule has 22 heavy (non-hydrogen) atoms. The van der Waals surface area contributed by atoms with Crippen molar-refractivity contribution in [3.05, 3.63) is 70.8 Å². The van der Waals surface area contributed by atoms with Gasteiger partial charge in [-0.25, -0.2) is 17.6 Å². The molecule has 1 unspecified atom stereocenters. The normalized spacial score (nSPS) is 12.1. The van der Waals surface area contributed by atoms with Gasteiger partial charge in [0.2, 0.25) is 0 Å². The highest BCUT2D eigenvalue weighted by molar-refractivity contribution is 5.94. The van der Waals surface area contributed by atoms with Gasteiger partial charge in [-0.1, -0.05) is 0 Å². The van der Waals surface area contributed by atoms with Crippen LogP contribution in [0.1, 0.15) is 28.9 Å². The third-order valence-corrected chi connectivity index (χ3v) is 3.47. The van der Waals surface area contributed by atoms with E-state index < -0.39 is 40.8 Å². The predicted molar refractivity (Wildman–Crippen MR) is 73.2 cm³/mol. The van der Waals surface area contributed by atoms with Crippen molar-refractivity contribution < 1.29 is 22.4 Å². The second-order valence-electron chi connectivity index (χ2n) is 4.88. The van der Waals surface area contributed by atoms with Gasteiger partial charge in [0.05, 0.1) is 11.6 Å². The molecule has 0 saturated carbocycles. The topological polar surface area (TPSA) is 20.3 Å². The third-order valence-electron chi connectivity index (χ3n) is 3.47. The largest absolute Gasteiger partial charge is 0.335 e. The Balaban J connectivity index is 2.34. The number of hydrogen-bond acceptors (Lipinski definition) is 1. The van der Waals surface area contributed by atoms with E-state index in [0.29, 0.717) is 0 Å². The maximum absolute atomic E-state index is 13.8. The first-order chi connectivity index (χ1) is 10.3. The van der Waals surface area contributed by atoms with Crippen LogP contribution in [0.25, 0.3) is 0 Å². The minimum Gasteiger partial charge on any atom is -0.335 e. The van der Waals surface area contributed by atoms with Gasteiger partial charge in [0.25, 0.3) is 5.91 Å². The van der Waals surface area contributed by atoms with Crippen molar-refractivity contribution >= 4 is 5.91 Å². The summed E-state index contributed by atoms with van der Waals surface area (Å²) in [5, 5.41) is 0. The summed E-state index contributed by atoms with van der Waals surface area (Å²) in [6.07, 6.45) is 0. The first-order valence-corrected chi connectivity index (χ1v) is 6.48. The van der Waals surface area contributed by atoms with Gasteiger partial charge < -0.3 is 4.90 Å². The van der Waals surface area contributed by atoms with Crippen LogP contribution in [0.3, 0.4) is 0 Å². The van der Waals surface area contributed by atoms with Crippen molar-refractivity contribution in [2.45, 2.75) is 13.0 Å². The number of rotatable bonds is 3. The fourth-order valence-electron chi connectivity index (χ4n) is 2.07. The Morgan fingerprint density at radius 3 is 2.14 bits per heavy atom. The van der Waals surface area contributed by atoms with E-state index in [9.17, 15) is 22.4 Å². The van der Waals surface area contributed by atoms with Crippen LogP contribution < -0.4 is 0 Å². The van der Waals surface area contributed by atoms with Crippen LogP contribution in [0.15, 0.2) is 36.4 Å². The van der Waals surface area contributed by atoms with Crippen molar-refractivity contribution in [2.24, 2.45) is 0 Å². The van der Waals surface area contributed by atoms with Crippen molar-refractivity contribution in [2.75, 3.05) is 7.05 Å². The monoisotopic (exact) mass is 311 g/mol. The molecule has 2 nitrogen and oxygen atoms in total. The summed E-state index contributed by atoms with van der Waals surface area (Å²) in [5.74, 6) is -3.81. The number of carbonyl (C=O) groups is 1. The van der Waals surface area contributed by atoms with Gasteiger partial charge in [0.15, 0.2) is 0 Å². The van der Waals surface area contributed by atoms with Gasteiger partial charge >= 0.3 is 0 Å². The van der Waals surface area contributed by atoms with Crippen LogP contribution in [-0.2, 0) is 0 Å². The fourth-order valence-corrected chi connectivity index (χ4v) is 2.07. The van der Waals surface area contributed by atoms with E-state index in [2.05, 4.69) is 0 Å². The van der Waals surface area contributed by atoms with Crippen molar-refractivity contribution in [3.8, 4) is 0 Å². The van der Waals surface area contributed by atoms with E-state index >= 15 is 0 Å². The molecule has 0 saturated heterocycles. The third kappa shape index (κ3) is 3.10. The van der Waals surface area contributed by atoms with Crippen molar-refractivity contribution in [3.63, 3.8) is 0 Å². The van der Waals surface area contributed by atoms with Gasteiger partial charge in [-0.2, -0.15) is 0 Å². The molecule has 0 bridgehead atoms. The van der Waals surface area contributed by atoms with E-state index in [1.54, 1.807) is 0 Å². The lowest BCUT2D eigenvalue weighted by molar-refractivity contribution is 0.0735. The van der Waals surface area contributed by atoms with Crippen LogP contribution in [0.2, 0.25) is 0 Å². The summed E-state index contributed by atoms with van der Waals surface area (Å²) >= 11 is 0. The summed E-state index contributed by atoms with van der Waals surface area (Å²) in [4.78, 5) is 13.3. The maximum atomic E-state index is 13.8. The maximum Gasteiger partial charge on any atom is 0.257 e. The summed E-state index contributed by atoms with van der Waals surface area (Å²) in [5.41, 5.74) is -0.515. The molecule has 0 N–H and O–H groups in total. The average Bonchev–Trinajstić information content (AvgIpc) is 2.50. The zero-order valence-corrected chi connectivity index (χ0v) is 11.9. The highest BCUT2D eigenvalue weighted by atomic mass is 19.1. The van der Waals surface area contributed by atoms with Gasteiger partial charge in [0.1, 0.15) is 23.3 Å². The number of nitrogens with zero attached hydrogens (tertiary/aromatic N) is 1. The summed E-state index contributed by atoms with van der Waals surface area (Å²) in [6.45, 7) is 1.47. The molecule has 0 aliphatic carbocycles. The smallest absolute Gasteiger partial charge is 0.257 e. The van der Waals surface area contributed by atoms with E-state index in [0.717, 1.165) is 41.3 Å². The summed E-state index contributed by atoms with van der Waals surface area (Å²) < 4.78 is 53.8. The molecule has 0 spiro atoms. The van der Waals surface area contributed by atoms with Crippen LogP contribution in [0.5, 0.6) is 0 Å². The minimum absolute atomic E-state index is 0.0485. The number of amides is 1. The summed E-state index contributed by atoms with van der Waals surface area (Å²) in [6, 6.07) is 4.51. The Kier molecular flexibility index (Phi) is 4.49. The van der Waals surface area contributed by atoms with Crippen LogP contribution >= 0.6 is 0 Å². The molecular weight excluding hydrogens is 298 g/mol. The molecule has 0 heterocycles. The Morgan fingerprint density at radius 1 is 0.955 bits per heavy atom. The average molecular weight is 311 g/mol. The molecule has 2 aromatic carbocycles. The fraction of sp³-hybridized carbons (Fsp3) is 0.188. The van der Waals surface area contributed by atoms with Gasteiger partial charge in [-0.05, 0) is 43.3 Å². The Hall–Kier alpha value is -2.37. The predicted octanol–water partition coefficient (Wildman–Crippen LogP) is 4.08. The summed E-state index contributed by atoms with van der Waals surface area (Å²) in [7, 11) is 1.31. The quantitative estimate of drug-likeness (QED) is 0.782. The number of carbonyl (C=O) groups excluding carboxylic acids is 1. The number of benzene rings is 2. The minimum atomic E-state index is -0.884. The molecular formula is C16H13F4NO. The highest BCUT2D eigenvalue weighted by Gasteiger charge is 2.24. The first kappa shape index (κ1) is 16.0. The zero-order valence-electron chi connectivity index (χ0n) is 11.9. The first-order valence-electron chi connectivity index (χ1n) is 6.48. The molecule has 0 aromatic heterocycles. The molecule has 0 radical (unpaired) electrons. The van der Waals surface area contributed by atoms with Crippen LogP contribution in [0.4, 0.5) is 17.6 Å². The second-order valence-corrected chi connectivity index (χ2v) is 4.88. The lowest BCUT2D eigenvalue weighted by Gasteiger charge is -2.26. The molecule has 1 atom stereocenters. The van der Waals surface area contributed by atoms with Crippen LogP contribution in [0, 0.1) is 23.3 Å². The zero-order chi connectivity index (χ0) is 16.4. The molecule has 0 aliphatic rings. The Bertz CT molecular complexity index is 717. The molecule has 0 aliphatic heterocycles. The van der Waals surface area contributed by atoms with Crippen LogP contribution in [-0.4, -0.2) is 17.9 Å². The van der Waals surface area contributed by atoms with E-state index in [-0.39, 0.29) is 5.56 Å². The molecule has 2 rings (SSSR count). The second kappa shape index (κ2) is 6.17. The van der Waals surface area contributed by atoms with Gasteiger partial charge in [-0.15, -0.1) is 0 Å². The Morgan fingerprint density at radius 2 is 1.50 bits per heavy atom. The molecule has 2 aromatic rings. The molecule has 1 amide bonds. The van der Waals surface area contributed by atoms with Gasteiger partial charge in [-0.3, -0.25) is 4.79 Å². The van der Waals surface area contributed by atoms with Gasteiger partial charge in [0, 0.05) is 12.6 Å². The Labute approximate surface area is 125 Å². The molecule has 0 fully saturated rings. The lowest BCUT2D eigenvalue weighted by atomic mass is 10.0. The number of halogens is 4. The van der Waals surface area contributed by atoms with E-state index in [1.165, 1.54) is 14.0 Å². The lowest BCUT2D eigenvalue weighted by Crippen LogP contribution is -2.31. The highest BCUT2D eigenvalue weighted by Crippen LogP contribution is 2.25. The SMILES string of the molecule is CC(c1cc(F)ccc1F)N(C)C(=O)c1cc(F)ccc1F. The molecule has 6 heteroatoms. The van der Waals surface area contributed by atoms with Crippen molar-refractivity contribution in [1.82, 2.24) is 4.90 Å². The van der Waals surface area contributed by atoms with E-state index in [4.69, 9.17) is 0 Å². The van der Waals surface area contributed by atoms with E-state index in [1.807, 2.05) is 0 Å².